The predicted molar refractivity (Wildman–Crippen MR) is 68.8 cm³/mol. The Morgan fingerprint density at radius 2 is 2.50 bits per heavy atom. The van der Waals surface area contributed by atoms with Crippen molar-refractivity contribution in [2.75, 3.05) is 13.2 Å². The van der Waals surface area contributed by atoms with Gasteiger partial charge >= 0.3 is 5.97 Å². The fourth-order valence-corrected chi connectivity index (χ4v) is 2.16. The number of hydrogen-bond acceptors (Lipinski definition) is 6. The van der Waals surface area contributed by atoms with Gasteiger partial charge in [-0.1, -0.05) is 0 Å². The van der Waals surface area contributed by atoms with Crippen molar-refractivity contribution in [2.45, 2.75) is 25.9 Å². The second kappa shape index (κ2) is 5.09. The molecule has 0 spiro atoms. The molecular formula is C13H15N3O4. The van der Waals surface area contributed by atoms with Crippen LogP contribution in [0.25, 0.3) is 5.65 Å². The summed E-state index contributed by atoms with van der Waals surface area (Å²) in [5.41, 5.74) is 1.50. The summed E-state index contributed by atoms with van der Waals surface area (Å²) < 4.78 is 12.0. The SMILES string of the molecule is CCOC(=O)c1cnn2cc3c(nc12)CC[C@H](O)CO3. The summed E-state index contributed by atoms with van der Waals surface area (Å²) in [4.78, 5) is 16.3. The van der Waals surface area contributed by atoms with Gasteiger partial charge in [-0.25, -0.2) is 14.3 Å². The second-order valence-corrected chi connectivity index (χ2v) is 4.60. The van der Waals surface area contributed by atoms with Crippen molar-refractivity contribution < 1.29 is 19.4 Å². The first-order chi connectivity index (χ1) is 9.69. The van der Waals surface area contributed by atoms with Gasteiger partial charge < -0.3 is 14.6 Å². The van der Waals surface area contributed by atoms with Crippen molar-refractivity contribution in [2.24, 2.45) is 0 Å². The number of aryl methyl sites for hydroxylation is 1. The lowest BCUT2D eigenvalue weighted by Gasteiger charge is -2.07. The van der Waals surface area contributed by atoms with Crippen molar-refractivity contribution in [3.05, 3.63) is 23.7 Å². The Hall–Kier alpha value is -2.15. The van der Waals surface area contributed by atoms with E-state index < -0.39 is 12.1 Å². The summed E-state index contributed by atoms with van der Waals surface area (Å²) in [6, 6.07) is 0. The molecule has 0 saturated carbocycles. The molecule has 1 aliphatic rings. The van der Waals surface area contributed by atoms with E-state index >= 15 is 0 Å². The van der Waals surface area contributed by atoms with Gasteiger partial charge in [-0.05, 0) is 19.8 Å². The van der Waals surface area contributed by atoms with Gasteiger partial charge in [-0.3, -0.25) is 0 Å². The summed E-state index contributed by atoms with van der Waals surface area (Å²) in [5, 5.41) is 13.7. The minimum Gasteiger partial charge on any atom is -0.487 e. The molecule has 0 fully saturated rings. The van der Waals surface area contributed by atoms with Crippen LogP contribution in [0.3, 0.4) is 0 Å². The zero-order valence-electron chi connectivity index (χ0n) is 11.1. The number of carbonyl (C=O) groups excluding carboxylic acids is 1. The van der Waals surface area contributed by atoms with Crippen LogP contribution in [-0.4, -0.2) is 45.0 Å². The molecule has 106 valence electrons. The quantitative estimate of drug-likeness (QED) is 0.809. The molecule has 1 atom stereocenters. The zero-order chi connectivity index (χ0) is 14.1. The van der Waals surface area contributed by atoms with E-state index in [0.717, 1.165) is 5.69 Å². The number of rotatable bonds is 2. The molecule has 0 radical (unpaired) electrons. The molecule has 2 aromatic heterocycles. The Labute approximate surface area is 115 Å². The van der Waals surface area contributed by atoms with Crippen molar-refractivity contribution in [3.63, 3.8) is 0 Å². The molecule has 1 N–H and O–H groups in total. The number of esters is 1. The van der Waals surface area contributed by atoms with Gasteiger partial charge in [-0.2, -0.15) is 5.10 Å². The maximum Gasteiger partial charge on any atom is 0.343 e. The van der Waals surface area contributed by atoms with E-state index in [0.29, 0.717) is 36.4 Å². The van der Waals surface area contributed by atoms with Crippen LogP contribution in [0, 0.1) is 0 Å². The minimum absolute atomic E-state index is 0.242. The average molecular weight is 277 g/mol. The molecule has 0 bridgehead atoms. The van der Waals surface area contributed by atoms with E-state index in [2.05, 4.69) is 10.1 Å². The van der Waals surface area contributed by atoms with Gasteiger partial charge in [0, 0.05) is 0 Å². The van der Waals surface area contributed by atoms with Crippen LogP contribution in [-0.2, 0) is 11.2 Å². The maximum atomic E-state index is 11.8. The van der Waals surface area contributed by atoms with Crippen LogP contribution in [0.4, 0.5) is 0 Å². The van der Waals surface area contributed by atoms with Gasteiger partial charge in [0.05, 0.1) is 30.8 Å². The summed E-state index contributed by atoms with van der Waals surface area (Å²) in [7, 11) is 0. The van der Waals surface area contributed by atoms with E-state index in [4.69, 9.17) is 9.47 Å². The van der Waals surface area contributed by atoms with Crippen LogP contribution in [0.1, 0.15) is 29.4 Å². The van der Waals surface area contributed by atoms with Gasteiger partial charge in [0.15, 0.2) is 11.4 Å². The number of ether oxygens (including phenoxy) is 2. The highest BCUT2D eigenvalue weighted by Gasteiger charge is 2.21. The number of aromatic nitrogens is 3. The monoisotopic (exact) mass is 277 g/mol. The smallest absolute Gasteiger partial charge is 0.343 e. The number of nitrogens with zero attached hydrogens (tertiary/aromatic N) is 3. The first kappa shape index (κ1) is 12.9. The van der Waals surface area contributed by atoms with Crippen molar-refractivity contribution in [3.8, 4) is 5.75 Å². The summed E-state index contributed by atoms with van der Waals surface area (Å²) in [6.07, 6.45) is 3.80. The third-order valence-electron chi connectivity index (χ3n) is 3.17. The summed E-state index contributed by atoms with van der Waals surface area (Å²) in [6.45, 7) is 2.29. The Morgan fingerprint density at radius 1 is 1.65 bits per heavy atom. The van der Waals surface area contributed by atoms with E-state index in [1.807, 2.05) is 0 Å². The lowest BCUT2D eigenvalue weighted by Crippen LogP contribution is -2.15. The van der Waals surface area contributed by atoms with Gasteiger partial charge in [0.25, 0.3) is 0 Å². The number of fused-ring (bicyclic) bond motifs is 2. The number of aliphatic hydroxyl groups excluding tert-OH is 1. The molecule has 0 saturated heterocycles. The van der Waals surface area contributed by atoms with E-state index in [-0.39, 0.29) is 6.61 Å². The Morgan fingerprint density at radius 3 is 3.30 bits per heavy atom. The highest BCUT2D eigenvalue weighted by atomic mass is 16.5. The first-order valence-electron chi connectivity index (χ1n) is 6.54. The predicted octanol–water partition coefficient (Wildman–Crippen LogP) is 0.592. The Bertz CT molecular complexity index is 652. The molecule has 20 heavy (non-hydrogen) atoms. The molecule has 7 nitrogen and oxygen atoms in total. The highest BCUT2D eigenvalue weighted by Crippen LogP contribution is 2.24. The van der Waals surface area contributed by atoms with Gasteiger partial charge in [-0.15, -0.1) is 0 Å². The fourth-order valence-electron chi connectivity index (χ4n) is 2.16. The van der Waals surface area contributed by atoms with Crippen molar-refractivity contribution >= 4 is 11.6 Å². The van der Waals surface area contributed by atoms with Crippen LogP contribution in [0.5, 0.6) is 5.75 Å². The normalized spacial score (nSPS) is 18.2. The maximum absolute atomic E-state index is 11.8. The Kier molecular flexibility index (Phi) is 3.27. The van der Waals surface area contributed by atoms with E-state index in [1.54, 1.807) is 13.1 Å². The number of hydrogen-bond donors (Lipinski definition) is 1. The van der Waals surface area contributed by atoms with E-state index in [9.17, 15) is 9.90 Å². The molecule has 0 unspecified atom stereocenters. The summed E-state index contributed by atoms with van der Waals surface area (Å²) >= 11 is 0. The van der Waals surface area contributed by atoms with Crippen molar-refractivity contribution in [1.82, 2.24) is 14.6 Å². The third-order valence-corrected chi connectivity index (χ3v) is 3.17. The molecule has 0 aliphatic carbocycles. The highest BCUT2D eigenvalue weighted by molar-refractivity contribution is 5.95. The van der Waals surface area contributed by atoms with Gasteiger partial charge in [0.1, 0.15) is 12.2 Å². The topological polar surface area (TPSA) is 86.0 Å². The number of carbonyl (C=O) groups is 1. The lowest BCUT2D eigenvalue weighted by atomic mass is 10.2. The molecular weight excluding hydrogens is 262 g/mol. The standard InChI is InChI=1S/C13H15N3O4/c1-2-19-13(18)9-5-14-16-6-11-10(15-12(9)16)4-3-8(17)7-20-11/h5-6,8,17H,2-4,7H2,1H3/t8-/m0/s1. The third kappa shape index (κ3) is 2.20. The summed E-state index contributed by atoms with van der Waals surface area (Å²) in [5.74, 6) is 0.150. The van der Waals surface area contributed by atoms with Gasteiger partial charge in [0.2, 0.25) is 0 Å². The molecule has 1 aliphatic heterocycles. The molecule has 3 heterocycles. The molecule has 7 heteroatoms. The van der Waals surface area contributed by atoms with Crippen molar-refractivity contribution in [1.29, 1.82) is 0 Å². The minimum atomic E-state index is -0.499. The molecule has 2 aromatic rings. The average Bonchev–Trinajstić information content (AvgIpc) is 2.76. The zero-order valence-corrected chi connectivity index (χ0v) is 11.1. The van der Waals surface area contributed by atoms with E-state index in [1.165, 1.54) is 10.7 Å². The molecule has 0 aromatic carbocycles. The molecule has 0 amide bonds. The lowest BCUT2D eigenvalue weighted by molar-refractivity contribution is 0.0528. The fraction of sp³-hybridized carbons (Fsp3) is 0.462. The van der Waals surface area contributed by atoms with Crippen LogP contribution in [0.2, 0.25) is 0 Å². The largest absolute Gasteiger partial charge is 0.487 e. The Balaban J connectivity index is 2.04. The second-order valence-electron chi connectivity index (χ2n) is 4.60. The number of aliphatic hydroxyl groups is 1. The molecule has 3 rings (SSSR count). The van der Waals surface area contributed by atoms with Crippen LogP contribution < -0.4 is 4.74 Å². The van der Waals surface area contributed by atoms with Crippen LogP contribution >= 0.6 is 0 Å². The first-order valence-corrected chi connectivity index (χ1v) is 6.54. The van der Waals surface area contributed by atoms with Crippen LogP contribution in [0.15, 0.2) is 12.4 Å².